The van der Waals surface area contributed by atoms with E-state index in [-0.39, 0.29) is 5.97 Å². The molecule has 0 saturated heterocycles. The van der Waals surface area contributed by atoms with Crippen LogP contribution < -0.4 is 0 Å². The molecule has 0 aliphatic rings. The van der Waals surface area contributed by atoms with Crippen LogP contribution >= 0.6 is 15.9 Å². The van der Waals surface area contributed by atoms with Crippen LogP contribution in [0.25, 0.3) is 10.9 Å². The van der Waals surface area contributed by atoms with E-state index in [9.17, 15) is 4.79 Å². The van der Waals surface area contributed by atoms with Gasteiger partial charge in [-0.25, -0.2) is 9.48 Å². The Kier molecular flexibility index (Phi) is 4.55. The average Bonchev–Trinajstić information content (AvgIpc) is 2.79. The second-order valence-electron chi connectivity index (χ2n) is 4.06. The number of nitrogens with zero attached hydrogens (tertiary/aromatic N) is 2. The molecule has 1 aromatic heterocycles. The smallest absolute Gasteiger partial charge is 0.339 e. The van der Waals surface area contributed by atoms with Gasteiger partial charge in [-0.05, 0) is 34.5 Å². The molecule has 6 heteroatoms. The van der Waals surface area contributed by atoms with Crippen molar-refractivity contribution in [3.8, 4) is 0 Å². The fraction of sp³-hybridized carbons (Fsp3) is 0.385. The molecule has 0 saturated carbocycles. The van der Waals surface area contributed by atoms with E-state index < -0.39 is 0 Å². The van der Waals surface area contributed by atoms with Crippen molar-refractivity contribution < 1.29 is 14.3 Å². The highest BCUT2D eigenvalue weighted by Gasteiger charge is 2.14. The van der Waals surface area contributed by atoms with Gasteiger partial charge in [0.2, 0.25) is 0 Å². The van der Waals surface area contributed by atoms with Gasteiger partial charge in [-0.1, -0.05) is 6.92 Å². The summed E-state index contributed by atoms with van der Waals surface area (Å²) in [5, 5.41) is 5.20. The molecule has 0 amide bonds. The third kappa shape index (κ3) is 2.96. The van der Waals surface area contributed by atoms with Gasteiger partial charge >= 0.3 is 5.97 Å². The molecule has 0 aliphatic heterocycles. The molecular formula is C13H15BrN2O3. The van der Waals surface area contributed by atoms with Crippen LogP contribution in [0.15, 0.2) is 22.8 Å². The van der Waals surface area contributed by atoms with Crippen molar-refractivity contribution >= 4 is 32.8 Å². The number of benzene rings is 1. The quantitative estimate of drug-likeness (QED) is 0.626. The SMILES string of the molecule is CCCOCn1ncc2cc(Br)c(C(=O)OC)cc21. The molecule has 0 atom stereocenters. The summed E-state index contributed by atoms with van der Waals surface area (Å²) in [4.78, 5) is 11.7. The summed E-state index contributed by atoms with van der Waals surface area (Å²) in [5.41, 5.74) is 1.33. The molecule has 1 aromatic carbocycles. The molecule has 0 unspecified atom stereocenters. The highest BCUT2D eigenvalue weighted by Crippen LogP contribution is 2.25. The topological polar surface area (TPSA) is 53.4 Å². The minimum Gasteiger partial charge on any atom is -0.465 e. The average molecular weight is 327 g/mol. The first-order chi connectivity index (χ1) is 9.17. The first-order valence-corrected chi connectivity index (χ1v) is 6.77. The van der Waals surface area contributed by atoms with Crippen LogP contribution in [0.5, 0.6) is 0 Å². The molecule has 0 bridgehead atoms. The van der Waals surface area contributed by atoms with E-state index in [1.54, 1.807) is 16.9 Å². The Bertz CT molecular complexity index is 595. The maximum atomic E-state index is 11.7. The molecule has 1 heterocycles. The minimum absolute atomic E-state index is 0.375. The van der Waals surface area contributed by atoms with Gasteiger partial charge in [-0.3, -0.25) is 0 Å². The molecule has 5 nitrogen and oxygen atoms in total. The number of fused-ring (bicyclic) bond motifs is 1. The van der Waals surface area contributed by atoms with Crippen molar-refractivity contribution in [2.45, 2.75) is 20.1 Å². The monoisotopic (exact) mass is 326 g/mol. The molecule has 0 aliphatic carbocycles. The van der Waals surface area contributed by atoms with Gasteiger partial charge < -0.3 is 9.47 Å². The van der Waals surface area contributed by atoms with E-state index in [0.29, 0.717) is 23.4 Å². The zero-order chi connectivity index (χ0) is 13.8. The number of hydrogen-bond acceptors (Lipinski definition) is 4. The third-order valence-electron chi connectivity index (χ3n) is 2.70. The predicted octanol–water partition coefficient (Wildman–Crippen LogP) is 2.97. The number of halogens is 1. The number of methoxy groups -OCH3 is 1. The van der Waals surface area contributed by atoms with Crippen LogP contribution in [-0.4, -0.2) is 29.5 Å². The van der Waals surface area contributed by atoms with Crippen molar-refractivity contribution in [1.82, 2.24) is 9.78 Å². The highest BCUT2D eigenvalue weighted by molar-refractivity contribution is 9.10. The molecular weight excluding hydrogens is 312 g/mol. The zero-order valence-corrected chi connectivity index (χ0v) is 12.4. The van der Waals surface area contributed by atoms with Gasteiger partial charge in [0.05, 0.1) is 24.4 Å². The number of hydrogen-bond donors (Lipinski definition) is 0. The van der Waals surface area contributed by atoms with Gasteiger partial charge in [0.1, 0.15) is 6.73 Å². The van der Waals surface area contributed by atoms with E-state index in [0.717, 1.165) is 17.3 Å². The van der Waals surface area contributed by atoms with E-state index in [4.69, 9.17) is 9.47 Å². The van der Waals surface area contributed by atoms with E-state index >= 15 is 0 Å². The second kappa shape index (κ2) is 6.16. The van der Waals surface area contributed by atoms with E-state index in [1.807, 2.05) is 13.0 Å². The summed E-state index contributed by atoms with van der Waals surface area (Å²) in [7, 11) is 1.36. The van der Waals surface area contributed by atoms with Crippen LogP contribution in [0.4, 0.5) is 0 Å². The largest absolute Gasteiger partial charge is 0.465 e. The summed E-state index contributed by atoms with van der Waals surface area (Å²) in [5.74, 6) is -0.379. The first kappa shape index (κ1) is 14.0. The zero-order valence-electron chi connectivity index (χ0n) is 10.9. The second-order valence-corrected chi connectivity index (χ2v) is 4.92. The Balaban J connectivity index is 2.37. The maximum Gasteiger partial charge on any atom is 0.339 e. The standard InChI is InChI=1S/C13H15BrN2O3/c1-3-4-19-8-16-12-6-10(13(17)18-2)11(14)5-9(12)7-15-16/h5-7H,3-4,8H2,1-2H3. The lowest BCUT2D eigenvalue weighted by Crippen LogP contribution is -2.06. The highest BCUT2D eigenvalue weighted by atomic mass is 79.9. The van der Waals surface area contributed by atoms with E-state index in [1.165, 1.54) is 7.11 Å². The van der Waals surface area contributed by atoms with Crippen molar-refractivity contribution in [3.05, 3.63) is 28.4 Å². The molecule has 102 valence electrons. The van der Waals surface area contributed by atoms with Crippen molar-refractivity contribution in [1.29, 1.82) is 0 Å². The molecule has 0 spiro atoms. The van der Waals surface area contributed by atoms with Gasteiger partial charge in [0, 0.05) is 16.5 Å². The van der Waals surface area contributed by atoms with Crippen LogP contribution in [0, 0.1) is 0 Å². The van der Waals surface area contributed by atoms with Crippen molar-refractivity contribution in [2.75, 3.05) is 13.7 Å². The molecule has 0 fully saturated rings. The molecule has 0 N–H and O–H groups in total. The van der Waals surface area contributed by atoms with Crippen LogP contribution in [0.3, 0.4) is 0 Å². The Morgan fingerprint density at radius 1 is 1.47 bits per heavy atom. The lowest BCUT2D eigenvalue weighted by Gasteiger charge is -2.06. The summed E-state index contributed by atoms with van der Waals surface area (Å²) < 4.78 is 12.6. The molecule has 19 heavy (non-hydrogen) atoms. The van der Waals surface area contributed by atoms with Gasteiger partial charge in [0.15, 0.2) is 0 Å². The van der Waals surface area contributed by atoms with Crippen LogP contribution in [0.1, 0.15) is 23.7 Å². The summed E-state index contributed by atoms with van der Waals surface area (Å²) >= 11 is 3.36. The number of carbonyl (C=O) groups is 1. The number of ether oxygens (including phenoxy) is 2. The summed E-state index contributed by atoms with van der Waals surface area (Å²) in [6, 6.07) is 3.61. The molecule has 0 radical (unpaired) electrons. The minimum atomic E-state index is -0.379. The Morgan fingerprint density at radius 3 is 2.95 bits per heavy atom. The Hall–Kier alpha value is -1.40. The fourth-order valence-electron chi connectivity index (χ4n) is 1.76. The van der Waals surface area contributed by atoms with Gasteiger partial charge in [-0.2, -0.15) is 5.10 Å². The normalized spacial score (nSPS) is 10.9. The Morgan fingerprint density at radius 2 is 2.26 bits per heavy atom. The number of esters is 1. The van der Waals surface area contributed by atoms with Gasteiger partial charge in [0.25, 0.3) is 0 Å². The van der Waals surface area contributed by atoms with E-state index in [2.05, 4.69) is 21.0 Å². The lowest BCUT2D eigenvalue weighted by molar-refractivity contribution is 0.0599. The predicted molar refractivity (Wildman–Crippen MR) is 75.0 cm³/mol. The number of aromatic nitrogens is 2. The maximum absolute atomic E-state index is 11.7. The molecule has 2 aromatic rings. The summed E-state index contributed by atoms with van der Waals surface area (Å²) in [6.45, 7) is 3.11. The van der Waals surface area contributed by atoms with Crippen LogP contribution in [0.2, 0.25) is 0 Å². The number of carbonyl (C=O) groups excluding carboxylic acids is 1. The van der Waals surface area contributed by atoms with Gasteiger partial charge in [-0.15, -0.1) is 0 Å². The van der Waals surface area contributed by atoms with Crippen molar-refractivity contribution in [3.63, 3.8) is 0 Å². The Labute approximate surface area is 119 Å². The third-order valence-corrected chi connectivity index (χ3v) is 3.35. The first-order valence-electron chi connectivity index (χ1n) is 5.98. The fourth-order valence-corrected chi connectivity index (χ4v) is 2.29. The molecule has 2 rings (SSSR count). The lowest BCUT2D eigenvalue weighted by atomic mass is 10.2. The number of rotatable bonds is 5. The summed E-state index contributed by atoms with van der Waals surface area (Å²) in [6.07, 6.45) is 2.70. The van der Waals surface area contributed by atoms with Crippen LogP contribution in [-0.2, 0) is 16.2 Å². The van der Waals surface area contributed by atoms with Crippen molar-refractivity contribution in [2.24, 2.45) is 0 Å².